The van der Waals surface area contributed by atoms with E-state index in [4.69, 9.17) is 11.6 Å². The maximum Gasteiger partial charge on any atom is 0.255 e. The predicted molar refractivity (Wildman–Crippen MR) is 40.8 cm³/mol. The Balaban J connectivity index is 3.09. The minimum absolute atomic E-state index is 0.0677. The monoisotopic (exact) mass is 153 g/mol. The summed E-state index contributed by atoms with van der Waals surface area (Å²) in [6, 6.07) is 5.20. The standard InChI is InChI=1S/C7H4ClNO/c8-5-3-4-1-2-6(5)9-7(4)10/h1-3H,(H,9,10). The summed E-state index contributed by atoms with van der Waals surface area (Å²) in [5.41, 5.74) is 0.628. The molecule has 2 aromatic heterocycles. The second-order valence-corrected chi connectivity index (χ2v) is 2.56. The summed E-state index contributed by atoms with van der Waals surface area (Å²) >= 11 is 5.72. The van der Waals surface area contributed by atoms with Gasteiger partial charge in [0.25, 0.3) is 5.56 Å². The number of rotatable bonds is 0. The van der Waals surface area contributed by atoms with Crippen molar-refractivity contribution in [3.63, 3.8) is 0 Å². The van der Waals surface area contributed by atoms with Gasteiger partial charge in [0.2, 0.25) is 0 Å². The van der Waals surface area contributed by atoms with Crippen LogP contribution in [0.25, 0.3) is 10.9 Å². The van der Waals surface area contributed by atoms with Gasteiger partial charge in [0.05, 0.1) is 10.5 Å². The number of benzene rings is 1. The summed E-state index contributed by atoms with van der Waals surface area (Å²) in [5, 5.41) is 1.23. The lowest BCUT2D eigenvalue weighted by molar-refractivity contribution is 1.31. The summed E-state index contributed by atoms with van der Waals surface area (Å²) in [7, 11) is 0. The number of hydrogen-bond donors (Lipinski definition) is 1. The van der Waals surface area contributed by atoms with Crippen LogP contribution < -0.4 is 5.56 Å². The van der Waals surface area contributed by atoms with Gasteiger partial charge in [-0.15, -0.1) is 0 Å². The third-order valence-electron chi connectivity index (χ3n) is 1.48. The van der Waals surface area contributed by atoms with Gasteiger partial charge in [0.15, 0.2) is 0 Å². The molecule has 0 radical (unpaired) electrons. The zero-order valence-corrected chi connectivity index (χ0v) is 5.77. The number of halogens is 1. The van der Waals surface area contributed by atoms with E-state index in [1.54, 1.807) is 18.2 Å². The van der Waals surface area contributed by atoms with Crippen molar-refractivity contribution in [2.24, 2.45) is 0 Å². The van der Waals surface area contributed by atoms with E-state index in [0.29, 0.717) is 15.9 Å². The van der Waals surface area contributed by atoms with E-state index < -0.39 is 0 Å². The Bertz CT molecular complexity index is 406. The molecule has 1 aromatic carbocycles. The zero-order chi connectivity index (χ0) is 7.14. The van der Waals surface area contributed by atoms with Gasteiger partial charge in [0.1, 0.15) is 0 Å². The highest BCUT2D eigenvalue weighted by molar-refractivity contribution is 6.34. The number of aromatic amines is 1. The van der Waals surface area contributed by atoms with Crippen LogP contribution in [0.2, 0.25) is 5.02 Å². The topological polar surface area (TPSA) is 32.9 Å². The Hall–Kier alpha value is -1.02. The largest absolute Gasteiger partial charge is 0.321 e. The normalized spacial score (nSPS) is 10.9. The lowest BCUT2D eigenvalue weighted by Gasteiger charge is -1.98. The first kappa shape index (κ1) is 5.74. The highest BCUT2D eigenvalue weighted by atomic mass is 35.5. The minimum Gasteiger partial charge on any atom is -0.321 e. The van der Waals surface area contributed by atoms with Crippen molar-refractivity contribution >= 4 is 22.5 Å². The Labute approximate surface area is 61.8 Å². The van der Waals surface area contributed by atoms with Crippen LogP contribution in [0, 0.1) is 0 Å². The van der Waals surface area contributed by atoms with E-state index >= 15 is 0 Å². The summed E-state index contributed by atoms with van der Waals surface area (Å²) in [6.45, 7) is 0. The van der Waals surface area contributed by atoms with Crippen LogP contribution in [0.15, 0.2) is 23.0 Å². The molecule has 2 nitrogen and oxygen atoms in total. The molecule has 0 aliphatic heterocycles. The second kappa shape index (κ2) is 1.73. The first-order valence-corrected chi connectivity index (χ1v) is 3.26. The third-order valence-corrected chi connectivity index (χ3v) is 1.79. The molecule has 0 aliphatic rings. The molecule has 1 N–H and O–H groups in total. The van der Waals surface area contributed by atoms with Gasteiger partial charge in [0, 0.05) is 5.39 Å². The summed E-state index contributed by atoms with van der Waals surface area (Å²) in [5.74, 6) is 0. The Kier molecular flexibility index (Phi) is 0.995. The molecule has 3 heteroatoms. The number of hydrogen-bond acceptors (Lipinski definition) is 1. The smallest absolute Gasteiger partial charge is 0.255 e. The SMILES string of the molecule is O=c1[nH]c2ccc1cc2Cl. The van der Waals surface area contributed by atoms with Crippen molar-refractivity contribution in [2.75, 3.05) is 0 Å². The van der Waals surface area contributed by atoms with Gasteiger partial charge < -0.3 is 4.98 Å². The van der Waals surface area contributed by atoms with E-state index in [2.05, 4.69) is 4.98 Å². The number of H-pyrrole nitrogens is 1. The van der Waals surface area contributed by atoms with Crippen molar-refractivity contribution in [1.82, 2.24) is 4.98 Å². The molecule has 0 fully saturated rings. The van der Waals surface area contributed by atoms with Gasteiger partial charge >= 0.3 is 0 Å². The van der Waals surface area contributed by atoms with Crippen molar-refractivity contribution in [3.05, 3.63) is 33.6 Å². The fourth-order valence-corrected chi connectivity index (χ4v) is 1.18. The molecule has 0 aliphatic carbocycles. The van der Waals surface area contributed by atoms with Gasteiger partial charge in [-0.25, -0.2) is 0 Å². The van der Waals surface area contributed by atoms with Gasteiger partial charge in [-0.05, 0) is 18.2 Å². The molecule has 2 heterocycles. The lowest BCUT2D eigenvalue weighted by atomic mass is 10.2. The van der Waals surface area contributed by atoms with Crippen LogP contribution in [0.3, 0.4) is 0 Å². The third kappa shape index (κ3) is 0.625. The number of fused-ring (bicyclic) bond motifs is 3. The van der Waals surface area contributed by atoms with E-state index in [0.717, 1.165) is 0 Å². The molecule has 0 unspecified atom stereocenters. The van der Waals surface area contributed by atoms with E-state index in [1.165, 1.54) is 0 Å². The average Bonchev–Trinajstić information content (AvgIpc) is 1.91. The predicted octanol–water partition coefficient (Wildman–Crippen LogP) is 1.62. The van der Waals surface area contributed by atoms with Crippen molar-refractivity contribution in [2.45, 2.75) is 0 Å². The summed E-state index contributed by atoms with van der Waals surface area (Å²) < 4.78 is 0. The molecule has 0 saturated carbocycles. The van der Waals surface area contributed by atoms with E-state index in [1.807, 2.05) is 0 Å². The Morgan fingerprint density at radius 3 is 2.50 bits per heavy atom. The summed E-state index contributed by atoms with van der Waals surface area (Å²) in [4.78, 5) is 13.5. The molecular weight excluding hydrogens is 150 g/mol. The quantitative estimate of drug-likeness (QED) is 0.613. The van der Waals surface area contributed by atoms with Crippen LogP contribution in [0.1, 0.15) is 0 Å². The molecule has 2 bridgehead atoms. The first-order chi connectivity index (χ1) is 4.77. The Morgan fingerprint density at radius 1 is 1.40 bits per heavy atom. The molecule has 0 amide bonds. The second-order valence-electron chi connectivity index (χ2n) is 2.15. The van der Waals surface area contributed by atoms with Crippen LogP contribution >= 0.6 is 11.6 Å². The van der Waals surface area contributed by atoms with Crippen LogP contribution in [0.4, 0.5) is 0 Å². The minimum atomic E-state index is -0.0677. The lowest BCUT2D eigenvalue weighted by Crippen LogP contribution is -2.06. The molecular formula is C7H4ClNO. The fraction of sp³-hybridized carbons (Fsp3) is 0. The van der Waals surface area contributed by atoms with Crippen molar-refractivity contribution in [3.8, 4) is 0 Å². The summed E-state index contributed by atoms with van der Waals surface area (Å²) in [6.07, 6.45) is 0. The molecule has 0 saturated heterocycles. The molecule has 10 heavy (non-hydrogen) atoms. The molecule has 0 spiro atoms. The molecule has 3 rings (SSSR count). The van der Waals surface area contributed by atoms with E-state index in [-0.39, 0.29) is 5.56 Å². The van der Waals surface area contributed by atoms with E-state index in [9.17, 15) is 4.79 Å². The van der Waals surface area contributed by atoms with Gasteiger partial charge in [-0.1, -0.05) is 11.6 Å². The molecule has 3 aromatic rings. The molecule has 0 atom stereocenters. The van der Waals surface area contributed by atoms with Crippen molar-refractivity contribution < 1.29 is 0 Å². The highest BCUT2D eigenvalue weighted by Gasteiger charge is 2.00. The van der Waals surface area contributed by atoms with Crippen LogP contribution in [0.5, 0.6) is 0 Å². The van der Waals surface area contributed by atoms with Crippen LogP contribution in [-0.4, -0.2) is 4.98 Å². The number of pyridine rings is 2. The maximum absolute atomic E-state index is 10.9. The number of nitrogens with one attached hydrogen (secondary N) is 1. The Morgan fingerprint density at radius 2 is 2.20 bits per heavy atom. The van der Waals surface area contributed by atoms with Crippen molar-refractivity contribution in [1.29, 1.82) is 0 Å². The van der Waals surface area contributed by atoms with Gasteiger partial charge in [-0.2, -0.15) is 0 Å². The maximum atomic E-state index is 10.9. The fourth-order valence-electron chi connectivity index (χ4n) is 0.952. The van der Waals surface area contributed by atoms with Gasteiger partial charge in [-0.3, -0.25) is 4.79 Å². The van der Waals surface area contributed by atoms with Crippen LogP contribution in [-0.2, 0) is 0 Å². The first-order valence-electron chi connectivity index (χ1n) is 2.88. The zero-order valence-electron chi connectivity index (χ0n) is 5.02. The molecule has 50 valence electrons. The average molecular weight is 154 g/mol. The number of aromatic nitrogens is 1. The highest BCUT2D eigenvalue weighted by Crippen LogP contribution is 2.16.